The van der Waals surface area contributed by atoms with Crippen molar-refractivity contribution in [1.29, 1.82) is 0 Å². The SMILES string of the molecule is C#Cc1cccc(NC(=O)CNC(=NC)NCCCN2CCCCCC2)c1.I. The second-order valence-corrected chi connectivity index (χ2v) is 6.74. The average Bonchev–Trinajstić information content (AvgIpc) is 2.96. The molecule has 28 heavy (non-hydrogen) atoms. The Labute approximate surface area is 186 Å². The van der Waals surface area contributed by atoms with E-state index in [0.29, 0.717) is 11.6 Å². The fraction of sp³-hybridized carbons (Fsp3) is 0.524. The third-order valence-electron chi connectivity index (χ3n) is 4.60. The number of carbonyl (C=O) groups excluding carboxylic acids is 1. The fourth-order valence-electron chi connectivity index (χ4n) is 3.15. The van der Waals surface area contributed by atoms with E-state index in [4.69, 9.17) is 6.42 Å². The van der Waals surface area contributed by atoms with E-state index in [1.54, 1.807) is 13.1 Å². The molecule has 0 atom stereocenters. The van der Waals surface area contributed by atoms with E-state index in [9.17, 15) is 4.79 Å². The summed E-state index contributed by atoms with van der Waals surface area (Å²) in [5.74, 6) is 3.05. The molecule has 1 aliphatic heterocycles. The second-order valence-electron chi connectivity index (χ2n) is 6.74. The molecule has 0 unspecified atom stereocenters. The summed E-state index contributed by atoms with van der Waals surface area (Å²) in [6.07, 6.45) is 11.8. The molecule has 1 saturated heterocycles. The van der Waals surface area contributed by atoms with Crippen molar-refractivity contribution in [3.63, 3.8) is 0 Å². The highest BCUT2D eigenvalue weighted by Crippen LogP contribution is 2.10. The molecule has 1 heterocycles. The molecule has 1 aromatic carbocycles. The summed E-state index contributed by atoms with van der Waals surface area (Å²) >= 11 is 0. The zero-order valence-corrected chi connectivity index (χ0v) is 19.0. The highest BCUT2D eigenvalue weighted by Gasteiger charge is 2.08. The summed E-state index contributed by atoms with van der Waals surface area (Å²) < 4.78 is 0. The van der Waals surface area contributed by atoms with Crippen molar-refractivity contribution >= 4 is 41.5 Å². The molecule has 2 rings (SSSR count). The third kappa shape index (κ3) is 9.42. The minimum Gasteiger partial charge on any atom is -0.356 e. The number of benzene rings is 1. The van der Waals surface area contributed by atoms with Crippen molar-refractivity contribution in [2.45, 2.75) is 32.1 Å². The van der Waals surface area contributed by atoms with Crippen LogP contribution < -0.4 is 16.0 Å². The van der Waals surface area contributed by atoms with Gasteiger partial charge in [-0.05, 0) is 57.1 Å². The molecule has 0 aliphatic carbocycles. The van der Waals surface area contributed by atoms with Crippen molar-refractivity contribution in [1.82, 2.24) is 15.5 Å². The third-order valence-corrected chi connectivity index (χ3v) is 4.60. The average molecular weight is 497 g/mol. The van der Waals surface area contributed by atoms with Gasteiger partial charge in [-0.1, -0.05) is 24.8 Å². The van der Waals surface area contributed by atoms with Gasteiger partial charge in [-0.3, -0.25) is 9.79 Å². The number of nitrogens with zero attached hydrogens (tertiary/aromatic N) is 2. The Morgan fingerprint density at radius 1 is 1.21 bits per heavy atom. The van der Waals surface area contributed by atoms with Crippen LogP contribution in [0.2, 0.25) is 0 Å². The van der Waals surface area contributed by atoms with Gasteiger partial charge in [0.2, 0.25) is 5.91 Å². The topological polar surface area (TPSA) is 68.8 Å². The number of nitrogens with one attached hydrogen (secondary N) is 3. The van der Waals surface area contributed by atoms with Crippen LogP contribution >= 0.6 is 24.0 Å². The molecule has 1 aliphatic rings. The molecule has 1 aromatic rings. The zero-order chi connectivity index (χ0) is 19.3. The van der Waals surface area contributed by atoms with Crippen LogP contribution in [0.1, 0.15) is 37.7 Å². The number of anilines is 1. The van der Waals surface area contributed by atoms with Crippen molar-refractivity contribution in [2.24, 2.45) is 4.99 Å². The Balaban J connectivity index is 0.00000392. The smallest absolute Gasteiger partial charge is 0.243 e. The standard InChI is InChI=1S/C21H31N5O.HI/c1-3-18-10-8-11-19(16-18)25-20(27)17-24-21(22-2)23-12-9-15-26-13-6-4-5-7-14-26;/h1,8,10-11,16H,4-7,9,12-15,17H2,2H3,(H,25,27)(H2,22,23,24);1H. The van der Waals surface area contributed by atoms with Gasteiger partial charge in [-0.2, -0.15) is 0 Å². The lowest BCUT2D eigenvalue weighted by Crippen LogP contribution is -2.42. The maximum Gasteiger partial charge on any atom is 0.243 e. The van der Waals surface area contributed by atoms with Crippen LogP contribution in [0, 0.1) is 12.3 Å². The molecular formula is C21H32IN5O. The number of rotatable bonds is 7. The Morgan fingerprint density at radius 2 is 1.96 bits per heavy atom. The summed E-state index contributed by atoms with van der Waals surface area (Å²) in [7, 11) is 1.71. The molecule has 6 nitrogen and oxygen atoms in total. The first-order valence-corrected chi connectivity index (χ1v) is 9.74. The highest BCUT2D eigenvalue weighted by atomic mass is 127. The number of hydrogen-bond donors (Lipinski definition) is 3. The second kappa shape index (κ2) is 14.2. The van der Waals surface area contributed by atoms with E-state index in [1.807, 2.05) is 18.2 Å². The van der Waals surface area contributed by atoms with Gasteiger partial charge in [-0.25, -0.2) is 0 Å². The van der Waals surface area contributed by atoms with Crippen LogP contribution in [0.5, 0.6) is 0 Å². The predicted octanol–water partition coefficient (Wildman–Crippen LogP) is 2.66. The summed E-state index contributed by atoms with van der Waals surface area (Å²) in [4.78, 5) is 18.8. The van der Waals surface area contributed by atoms with Crippen LogP contribution in [0.4, 0.5) is 5.69 Å². The number of hydrogen-bond acceptors (Lipinski definition) is 3. The first-order chi connectivity index (χ1) is 13.2. The van der Waals surface area contributed by atoms with Crippen molar-refractivity contribution < 1.29 is 4.79 Å². The van der Waals surface area contributed by atoms with Gasteiger partial charge in [0.25, 0.3) is 0 Å². The number of aliphatic imine (C=N–C) groups is 1. The molecule has 7 heteroatoms. The molecular weight excluding hydrogens is 465 g/mol. The van der Waals surface area contributed by atoms with E-state index < -0.39 is 0 Å². The van der Waals surface area contributed by atoms with Gasteiger partial charge in [-0.15, -0.1) is 30.4 Å². The van der Waals surface area contributed by atoms with Crippen LogP contribution in [0.25, 0.3) is 0 Å². The van der Waals surface area contributed by atoms with Crippen LogP contribution in [0.3, 0.4) is 0 Å². The van der Waals surface area contributed by atoms with Crippen LogP contribution in [-0.4, -0.2) is 56.5 Å². The molecule has 3 N–H and O–H groups in total. The van der Waals surface area contributed by atoms with E-state index >= 15 is 0 Å². The molecule has 0 saturated carbocycles. The highest BCUT2D eigenvalue weighted by molar-refractivity contribution is 14.0. The lowest BCUT2D eigenvalue weighted by Gasteiger charge is -2.20. The Morgan fingerprint density at radius 3 is 2.64 bits per heavy atom. The number of halogens is 1. The van der Waals surface area contributed by atoms with Gasteiger partial charge >= 0.3 is 0 Å². The van der Waals surface area contributed by atoms with Gasteiger partial charge < -0.3 is 20.9 Å². The van der Waals surface area contributed by atoms with E-state index in [-0.39, 0.29) is 36.4 Å². The summed E-state index contributed by atoms with van der Waals surface area (Å²) in [5.41, 5.74) is 1.43. The minimum atomic E-state index is -0.142. The van der Waals surface area contributed by atoms with Crippen molar-refractivity contribution in [3.05, 3.63) is 29.8 Å². The maximum atomic E-state index is 12.1. The van der Waals surface area contributed by atoms with Crippen molar-refractivity contribution in [2.75, 3.05) is 45.1 Å². The van der Waals surface area contributed by atoms with Crippen LogP contribution in [-0.2, 0) is 4.79 Å². The summed E-state index contributed by atoms with van der Waals surface area (Å²) in [5, 5.41) is 9.13. The lowest BCUT2D eigenvalue weighted by atomic mass is 10.2. The number of terminal acetylenes is 1. The van der Waals surface area contributed by atoms with Crippen molar-refractivity contribution in [3.8, 4) is 12.3 Å². The van der Waals surface area contributed by atoms with Gasteiger partial charge in [0, 0.05) is 24.8 Å². The van der Waals surface area contributed by atoms with Gasteiger partial charge in [0.15, 0.2) is 5.96 Å². The minimum absolute atomic E-state index is 0. The largest absolute Gasteiger partial charge is 0.356 e. The zero-order valence-electron chi connectivity index (χ0n) is 16.7. The number of guanidine groups is 1. The monoisotopic (exact) mass is 497 g/mol. The van der Waals surface area contributed by atoms with E-state index in [2.05, 4.69) is 31.8 Å². The molecule has 1 amide bonds. The van der Waals surface area contributed by atoms with E-state index in [1.165, 1.54) is 38.8 Å². The Bertz CT molecular complexity index is 663. The molecule has 0 spiro atoms. The maximum absolute atomic E-state index is 12.1. The molecule has 0 aromatic heterocycles. The molecule has 1 fully saturated rings. The molecule has 0 radical (unpaired) electrons. The number of likely N-dealkylation sites (tertiary alicyclic amines) is 1. The lowest BCUT2D eigenvalue weighted by molar-refractivity contribution is -0.115. The molecule has 0 bridgehead atoms. The van der Waals surface area contributed by atoms with Gasteiger partial charge in [0.1, 0.15) is 0 Å². The first-order valence-electron chi connectivity index (χ1n) is 9.74. The van der Waals surface area contributed by atoms with Gasteiger partial charge in [0.05, 0.1) is 6.54 Å². The molecule has 154 valence electrons. The Kier molecular flexibility index (Phi) is 12.3. The first kappa shape index (κ1) is 24.2. The van der Waals surface area contributed by atoms with Crippen LogP contribution in [0.15, 0.2) is 29.3 Å². The number of amides is 1. The summed E-state index contributed by atoms with van der Waals surface area (Å²) in [6.45, 7) is 4.52. The number of carbonyl (C=O) groups is 1. The normalized spacial score (nSPS) is 14.9. The fourth-order valence-corrected chi connectivity index (χ4v) is 3.15. The van der Waals surface area contributed by atoms with E-state index in [0.717, 1.165) is 25.1 Å². The Hall–Kier alpha value is -1.79. The summed E-state index contributed by atoms with van der Waals surface area (Å²) in [6, 6.07) is 7.23. The quantitative estimate of drug-likeness (QED) is 0.178. The predicted molar refractivity (Wildman–Crippen MR) is 127 cm³/mol.